The highest BCUT2D eigenvalue weighted by molar-refractivity contribution is 5.31. The lowest BCUT2D eigenvalue weighted by Gasteiger charge is -2.36. The summed E-state index contributed by atoms with van der Waals surface area (Å²) < 4.78 is 5.30. The Morgan fingerprint density at radius 1 is 1.33 bits per heavy atom. The smallest absolute Gasteiger partial charge is 0.128 e. The molecule has 1 saturated heterocycles. The Kier molecular flexibility index (Phi) is 5.43. The fourth-order valence-corrected chi connectivity index (χ4v) is 3.33. The molecule has 5 heteroatoms. The van der Waals surface area contributed by atoms with Crippen molar-refractivity contribution in [3.05, 3.63) is 53.6 Å². The van der Waals surface area contributed by atoms with Gasteiger partial charge in [0, 0.05) is 31.6 Å². The van der Waals surface area contributed by atoms with Gasteiger partial charge in [0.25, 0.3) is 0 Å². The molecule has 24 heavy (non-hydrogen) atoms. The summed E-state index contributed by atoms with van der Waals surface area (Å²) in [5.41, 5.74) is 2.17. The lowest BCUT2D eigenvalue weighted by atomic mass is 9.87. The van der Waals surface area contributed by atoms with Gasteiger partial charge in [-0.3, -0.25) is 4.90 Å². The molecule has 1 aromatic carbocycles. The Morgan fingerprint density at radius 3 is 2.96 bits per heavy atom. The quantitative estimate of drug-likeness (QED) is 0.914. The van der Waals surface area contributed by atoms with Gasteiger partial charge >= 0.3 is 0 Å². The maximum absolute atomic E-state index is 10.6. The molecule has 2 aromatic rings. The van der Waals surface area contributed by atoms with Gasteiger partial charge in [0.05, 0.1) is 18.9 Å². The van der Waals surface area contributed by atoms with Gasteiger partial charge in [0.1, 0.15) is 11.6 Å². The van der Waals surface area contributed by atoms with Crippen molar-refractivity contribution in [3.63, 3.8) is 0 Å². The number of nitrogens with zero attached hydrogens (tertiary/aromatic N) is 3. The van der Waals surface area contributed by atoms with Crippen LogP contribution in [-0.2, 0) is 13.0 Å². The average Bonchev–Trinajstić information content (AvgIpc) is 2.62. The number of aliphatic hydroxyl groups is 1. The van der Waals surface area contributed by atoms with Crippen LogP contribution in [0.15, 0.2) is 36.5 Å². The zero-order chi connectivity index (χ0) is 16.9. The second-order valence-corrected chi connectivity index (χ2v) is 6.29. The lowest BCUT2D eigenvalue weighted by Crippen LogP contribution is -2.42. The van der Waals surface area contributed by atoms with Gasteiger partial charge in [-0.25, -0.2) is 9.97 Å². The predicted octanol–water partition coefficient (Wildman–Crippen LogP) is 2.40. The molecule has 2 atom stereocenters. The normalized spacial score (nSPS) is 21.6. The molecule has 1 aliphatic heterocycles. The Balaban J connectivity index is 1.64. The standard InChI is InChI=1S/C19H25N3O2/c1-3-19-20-9-7-15(21-19)12-22-10-8-17(18(23)13-22)14-5-4-6-16(11-14)24-2/h4-7,9,11,17-18,23H,3,8,10,12-13H2,1-2H3/t17-,18+/m0/s1. The summed E-state index contributed by atoms with van der Waals surface area (Å²) in [4.78, 5) is 11.1. The fraction of sp³-hybridized carbons (Fsp3) is 0.474. The number of methoxy groups -OCH3 is 1. The van der Waals surface area contributed by atoms with Crippen LogP contribution in [0, 0.1) is 0 Å². The zero-order valence-corrected chi connectivity index (χ0v) is 14.4. The molecule has 1 aliphatic rings. The SMILES string of the molecule is CCc1nccc(CN2CC[C@@H](c3cccc(OC)c3)[C@H](O)C2)n1. The topological polar surface area (TPSA) is 58.5 Å². The van der Waals surface area contributed by atoms with E-state index in [0.29, 0.717) is 6.54 Å². The van der Waals surface area contributed by atoms with Gasteiger partial charge < -0.3 is 9.84 Å². The van der Waals surface area contributed by atoms with Crippen LogP contribution in [-0.4, -0.2) is 46.3 Å². The number of benzene rings is 1. The van der Waals surface area contributed by atoms with E-state index in [2.05, 4.69) is 27.9 Å². The van der Waals surface area contributed by atoms with Crippen molar-refractivity contribution in [2.24, 2.45) is 0 Å². The van der Waals surface area contributed by atoms with Crippen LogP contribution < -0.4 is 4.74 Å². The van der Waals surface area contributed by atoms with Crippen molar-refractivity contribution in [3.8, 4) is 5.75 Å². The molecule has 0 radical (unpaired) electrons. The highest BCUT2D eigenvalue weighted by Crippen LogP contribution is 2.30. The second-order valence-electron chi connectivity index (χ2n) is 6.29. The van der Waals surface area contributed by atoms with Crippen molar-refractivity contribution in [1.82, 2.24) is 14.9 Å². The van der Waals surface area contributed by atoms with Crippen LogP contribution in [0.3, 0.4) is 0 Å². The minimum Gasteiger partial charge on any atom is -0.497 e. The van der Waals surface area contributed by atoms with Gasteiger partial charge in [0.2, 0.25) is 0 Å². The van der Waals surface area contributed by atoms with Crippen molar-refractivity contribution in [2.75, 3.05) is 20.2 Å². The molecule has 1 N–H and O–H groups in total. The Bertz CT molecular complexity index is 677. The number of aliphatic hydroxyl groups excluding tert-OH is 1. The molecule has 0 aliphatic carbocycles. The lowest BCUT2D eigenvalue weighted by molar-refractivity contribution is 0.0470. The van der Waals surface area contributed by atoms with Crippen LogP contribution in [0.1, 0.15) is 36.3 Å². The van der Waals surface area contributed by atoms with E-state index in [1.165, 1.54) is 0 Å². The third-order valence-corrected chi connectivity index (χ3v) is 4.65. The number of aromatic nitrogens is 2. The van der Waals surface area contributed by atoms with Crippen LogP contribution in [0.25, 0.3) is 0 Å². The van der Waals surface area contributed by atoms with Crippen LogP contribution in [0.2, 0.25) is 0 Å². The first-order chi connectivity index (χ1) is 11.7. The number of piperidine rings is 1. The molecule has 0 amide bonds. The Labute approximate surface area is 143 Å². The molecule has 1 fully saturated rings. The molecule has 2 heterocycles. The number of hydrogen-bond acceptors (Lipinski definition) is 5. The first-order valence-electron chi connectivity index (χ1n) is 8.54. The fourth-order valence-electron chi connectivity index (χ4n) is 3.33. The molecule has 0 unspecified atom stereocenters. The Morgan fingerprint density at radius 2 is 2.21 bits per heavy atom. The van der Waals surface area contributed by atoms with Crippen molar-refractivity contribution < 1.29 is 9.84 Å². The summed E-state index contributed by atoms with van der Waals surface area (Å²) in [6, 6.07) is 9.98. The minimum atomic E-state index is -0.377. The van der Waals surface area contributed by atoms with E-state index < -0.39 is 0 Å². The summed E-state index contributed by atoms with van der Waals surface area (Å²) in [6.07, 6.45) is 3.22. The second kappa shape index (κ2) is 7.73. The summed E-state index contributed by atoms with van der Waals surface area (Å²) in [5.74, 6) is 1.88. The van der Waals surface area contributed by atoms with Crippen LogP contribution >= 0.6 is 0 Å². The number of β-amino-alcohol motifs (C(OH)–C–C–N with tert-alkyl or cyclic N) is 1. The largest absolute Gasteiger partial charge is 0.497 e. The monoisotopic (exact) mass is 327 g/mol. The zero-order valence-electron chi connectivity index (χ0n) is 14.4. The minimum absolute atomic E-state index is 0.160. The summed E-state index contributed by atoms with van der Waals surface area (Å²) in [6.45, 7) is 4.43. The van der Waals surface area contributed by atoms with Crippen molar-refractivity contribution in [1.29, 1.82) is 0 Å². The number of likely N-dealkylation sites (tertiary alicyclic amines) is 1. The van der Waals surface area contributed by atoms with E-state index in [1.807, 2.05) is 30.5 Å². The molecular weight excluding hydrogens is 302 g/mol. The highest BCUT2D eigenvalue weighted by atomic mass is 16.5. The number of ether oxygens (including phenoxy) is 1. The Hall–Kier alpha value is -1.98. The third-order valence-electron chi connectivity index (χ3n) is 4.65. The van der Waals surface area contributed by atoms with Gasteiger partial charge in [0.15, 0.2) is 0 Å². The molecule has 5 nitrogen and oxygen atoms in total. The molecule has 128 valence electrons. The first-order valence-corrected chi connectivity index (χ1v) is 8.54. The van der Waals surface area contributed by atoms with E-state index in [4.69, 9.17) is 4.74 Å². The average molecular weight is 327 g/mol. The number of rotatable bonds is 5. The third kappa shape index (κ3) is 3.91. The summed E-state index contributed by atoms with van der Waals surface area (Å²) in [7, 11) is 1.67. The maximum atomic E-state index is 10.6. The van der Waals surface area contributed by atoms with E-state index >= 15 is 0 Å². The molecule has 3 rings (SSSR count). The number of hydrogen-bond donors (Lipinski definition) is 1. The molecule has 1 aromatic heterocycles. The van der Waals surface area contributed by atoms with Gasteiger partial charge in [-0.2, -0.15) is 0 Å². The molecule has 0 spiro atoms. The van der Waals surface area contributed by atoms with E-state index in [-0.39, 0.29) is 12.0 Å². The molecule has 0 saturated carbocycles. The van der Waals surface area contributed by atoms with E-state index in [0.717, 1.165) is 48.8 Å². The van der Waals surface area contributed by atoms with E-state index in [1.54, 1.807) is 7.11 Å². The van der Waals surface area contributed by atoms with Crippen LogP contribution in [0.5, 0.6) is 5.75 Å². The highest BCUT2D eigenvalue weighted by Gasteiger charge is 2.29. The summed E-state index contributed by atoms with van der Waals surface area (Å²) in [5, 5.41) is 10.6. The molecule has 0 bridgehead atoms. The molecular formula is C19H25N3O2. The van der Waals surface area contributed by atoms with Crippen LogP contribution in [0.4, 0.5) is 0 Å². The van der Waals surface area contributed by atoms with Gasteiger partial charge in [-0.15, -0.1) is 0 Å². The predicted molar refractivity (Wildman–Crippen MR) is 93.0 cm³/mol. The number of aryl methyl sites for hydroxylation is 1. The van der Waals surface area contributed by atoms with Gasteiger partial charge in [-0.05, 0) is 36.7 Å². The van der Waals surface area contributed by atoms with Crippen molar-refractivity contribution in [2.45, 2.75) is 38.3 Å². The maximum Gasteiger partial charge on any atom is 0.128 e. The van der Waals surface area contributed by atoms with Crippen molar-refractivity contribution >= 4 is 0 Å². The summed E-state index contributed by atoms with van der Waals surface area (Å²) >= 11 is 0. The van der Waals surface area contributed by atoms with E-state index in [9.17, 15) is 5.11 Å². The van der Waals surface area contributed by atoms with Gasteiger partial charge in [-0.1, -0.05) is 19.1 Å². The first kappa shape index (κ1) is 16.9.